The second kappa shape index (κ2) is 8.93. The number of hydrogen-bond acceptors (Lipinski definition) is 4. The van der Waals surface area contributed by atoms with Gasteiger partial charge in [-0.2, -0.15) is 0 Å². The largest absolute Gasteiger partial charge is 0.383 e. The van der Waals surface area contributed by atoms with Gasteiger partial charge in [0.2, 0.25) is 0 Å². The second-order valence-electron chi connectivity index (χ2n) is 8.24. The fourth-order valence-electron chi connectivity index (χ4n) is 4.40. The summed E-state index contributed by atoms with van der Waals surface area (Å²) in [5.41, 5.74) is 1.07. The minimum atomic E-state index is -0.935. The second-order valence-corrected chi connectivity index (χ2v) is 8.24. The molecular weight excluding hydrogens is 364 g/mol. The Morgan fingerprint density at radius 2 is 1.86 bits per heavy atom. The van der Waals surface area contributed by atoms with Crippen molar-refractivity contribution in [2.75, 3.05) is 26.2 Å². The van der Waals surface area contributed by atoms with Gasteiger partial charge in [0.25, 0.3) is 0 Å². The lowest BCUT2D eigenvalue weighted by atomic mass is 9.88. The van der Waals surface area contributed by atoms with E-state index in [1.807, 2.05) is 29.2 Å². The Hall–Kier alpha value is -2.44. The van der Waals surface area contributed by atoms with E-state index in [1.54, 1.807) is 6.20 Å². The van der Waals surface area contributed by atoms with E-state index in [-0.39, 0.29) is 12.1 Å². The summed E-state index contributed by atoms with van der Waals surface area (Å²) in [6.45, 7) is 3.96. The highest BCUT2D eigenvalue weighted by Crippen LogP contribution is 2.31. The fourth-order valence-corrected chi connectivity index (χ4v) is 4.40. The maximum absolute atomic E-state index is 12.8. The van der Waals surface area contributed by atoms with Crippen molar-refractivity contribution in [1.29, 1.82) is 0 Å². The van der Waals surface area contributed by atoms with Crippen LogP contribution < -0.4 is 5.32 Å². The van der Waals surface area contributed by atoms with Gasteiger partial charge in [0.1, 0.15) is 5.60 Å². The first kappa shape index (κ1) is 19.9. The molecule has 6 heteroatoms. The number of hydrogen-bond donors (Lipinski definition) is 2. The number of carbonyl (C=O) groups is 1. The number of likely N-dealkylation sites (tertiary alicyclic amines) is 2. The molecule has 4 rings (SSSR count). The lowest BCUT2D eigenvalue weighted by molar-refractivity contribution is -0.0207. The molecule has 29 heavy (non-hydrogen) atoms. The Labute approximate surface area is 172 Å². The van der Waals surface area contributed by atoms with Crippen molar-refractivity contribution in [3.63, 3.8) is 0 Å². The number of aromatic nitrogens is 1. The summed E-state index contributed by atoms with van der Waals surface area (Å²) in [4.78, 5) is 21.3. The number of pyridine rings is 1. The van der Waals surface area contributed by atoms with E-state index in [1.165, 1.54) is 5.56 Å². The highest BCUT2D eigenvalue weighted by atomic mass is 16.3. The number of aliphatic hydroxyl groups is 1. The Kier molecular flexibility index (Phi) is 6.11. The summed E-state index contributed by atoms with van der Waals surface area (Å²) in [5, 5.41) is 14.1. The number of carbonyl (C=O) groups excluding carboxylic acids is 1. The van der Waals surface area contributed by atoms with E-state index in [9.17, 15) is 9.90 Å². The Balaban J connectivity index is 1.27. The number of nitrogens with one attached hydrogen (secondary N) is 1. The van der Waals surface area contributed by atoms with Crippen LogP contribution in [0.4, 0.5) is 4.79 Å². The third-order valence-electron chi connectivity index (χ3n) is 6.10. The SMILES string of the molecule is O=C(N[C@@H]1CCCN(Cc2ccccc2)C1)N1CCC(O)(c2ccccn2)CC1. The molecule has 1 aromatic heterocycles. The molecule has 0 aliphatic carbocycles. The van der Waals surface area contributed by atoms with Crippen LogP contribution in [0, 0.1) is 0 Å². The molecule has 1 aromatic carbocycles. The molecule has 2 N–H and O–H groups in total. The lowest BCUT2D eigenvalue weighted by Gasteiger charge is -2.39. The van der Waals surface area contributed by atoms with Crippen LogP contribution in [0.15, 0.2) is 54.7 Å². The predicted octanol–water partition coefficient (Wildman–Crippen LogP) is 2.74. The molecular formula is C23H30N4O2. The third kappa shape index (κ3) is 4.95. The minimum absolute atomic E-state index is 0.0142. The summed E-state index contributed by atoms with van der Waals surface area (Å²) in [6, 6.07) is 16.2. The van der Waals surface area contributed by atoms with Gasteiger partial charge >= 0.3 is 6.03 Å². The smallest absolute Gasteiger partial charge is 0.317 e. The zero-order valence-corrected chi connectivity index (χ0v) is 16.8. The molecule has 154 valence electrons. The Morgan fingerprint density at radius 1 is 1.10 bits per heavy atom. The van der Waals surface area contributed by atoms with Gasteiger partial charge < -0.3 is 15.3 Å². The quantitative estimate of drug-likeness (QED) is 0.837. The molecule has 2 aromatic rings. The summed E-state index contributed by atoms with van der Waals surface area (Å²) >= 11 is 0. The Bertz CT molecular complexity index is 791. The summed E-state index contributed by atoms with van der Waals surface area (Å²) in [5.74, 6) is 0. The average Bonchev–Trinajstić information content (AvgIpc) is 2.76. The van der Waals surface area contributed by atoms with Crippen LogP contribution in [0.1, 0.15) is 36.9 Å². The van der Waals surface area contributed by atoms with E-state index in [0.717, 1.165) is 32.5 Å². The Morgan fingerprint density at radius 3 is 2.59 bits per heavy atom. The van der Waals surface area contributed by atoms with Crippen molar-refractivity contribution < 1.29 is 9.90 Å². The van der Waals surface area contributed by atoms with Crippen molar-refractivity contribution in [3.05, 3.63) is 66.0 Å². The maximum atomic E-state index is 12.8. The number of amides is 2. The van der Waals surface area contributed by atoms with Crippen molar-refractivity contribution in [1.82, 2.24) is 20.1 Å². The first-order valence-corrected chi connectivity index (χ1v) is 10.6. The number of rotatable bonds is 4. The van der Waals surface area contributed by atoms with Crippen LogP contribution in [0.3, 0.4) is 0 Å². The van der Waals surface area contributed by atoms with Crippen molar-refractivity contribution >= 4 is 6.03 Å². The van der Waals surface area contributed by atoms with Gasteiger partial charge in [-0.1, -0.05) is 36.4 Å². The van der Waals surface area contributed by atoms with Crippen molar-refractivity contribution in [3.8, 4) is 0 Å². The molecule has 2 aliphatic rings. The number of benzene rings is 1. The number of piperidine rings is 2. The highest BCUT2D eigenvalue weighted by Gasteiger charge is 2.37. The lowest BCUT2D eigenvalue weighted by Crippen LogP contribution is -2.54. The fraction of sp³-hybridized carbons (Fsp3) is 0.478. The molecule has 0 saturated carbocycles. The maximum Gasteiger partial charge on any atom is 0.317 e. The van der Waals surface area contributed by atoms with Gasteiger partial charge in [0, 0.05) is 38.4 Å². The highest BCUT2D eigenvalue weighted by molar-refractivity contribution is 5.74. The van der Waals surface area contributed by atoms with Gasteiger partial charge in [-0.15, -0.1) is 0 Å². The van der Waals surface area contributed by atoms with Gasteiger partial charge in [-0.25, -0.2) is 4.79 Å². The standard InChI is InChI=1S/C23H30N4O2/c28-22(27-15-11-23(29,12-16-27)21-10-4-5-13-24-21)25-20-9-6-14-26(18-20)17-19-7-2-1-3-8-19/h1-5,7-8,10,13,20,29H,6,9,11-12,14-18H2,(H,25,28)/t20-/m1/s1. The van der Waals surface area contributed by atoms with Crippen LogP contribution in [0.2, 0.25) is 0 Å². The van der Waals surface area contributed by atoms with Gasteiger partial charge in [0.15, 0.2) is 0 Å². The topological polar surface area (TPSA) is 68.7 Å². The zero-order chi connectivity index (χ0) is 20.1. The molecule has 0 radical (unpaired) electrons. The van der Waals surface area contributed by atoms with Gasteiger partial charge in [0.05, 0.1) is 5.69 Å². The van der Waals surface area contributed by atoms with Crippen LogP contribution >= 0.6 is 0 Å². The van der Waals surface area contributed by atoms with E-state index in [4.69, 9.17) is 0 Å². The van der Waals surface area contributed by atoms with Crippen LogP contribution in [-0.2, 0) is 12.1 Å². The van der Waals surface area contributed by atoms with Crippen molar-refractivity contribution in [2.45, 2.75) is 43.9 Å². The normalized spacial score (nSPS) is 22.2. The molecule has 0 spiro atoms. The van der Waals surface area contributed by atoms with E-state index in [2.05, 4.69) is 39.5 Å². The van der Waals surface area contributed by atoms with E-state index in [0.29, 0.717) is 31.6 Å². The zero-order valence-electron chi connectivity index (χ0n) is 16.8. The number of nitrogens with zero attached hydrogens (tertiary/aromatic N) is 3. The van der Waals surface area contributed by atoms with Crippen LogP contribution in [0.5, 0.6) is 0 Å². The molecule has 0 bridgehead atoms. The minimum Gasteiger partial charge on any atom is -0.383 e. The molecule has 2 amide bonds. The molecule has 1 atom stereocenters. The predicted molar refractivity (Wildman–Crippen MR) is 112 cm³/mol. The molecule has 6 nitrogen and oxygen atoms in total. The molecule has 3 heterocycles. The van der Waals surface area contributed by atoms with Crippen LogP contribution in [-0.4, -0.2) is 58.1 Å². The number of urea groups is 1. The van der Waals surface area contributed by atoms with E-state index < -0.39 is 5.60 Å². The first-order chi connectivity index (χ1) is 14.1. The summed E-state index contributed by atoms with van der Waals surface area (Å²) in [7, 11) is 0. The third-order valence-corrected chi connectivity index (χ3v) is 6.10. The molecule has 2 saturated heterocycles. The van der Waals surface area contributed by atoms with Gasteiger partial charge in [-0.05, 0) is 49.9 Å². The molecule has 2 fully saturated rings. The van der Waals surface area contributed by atoms with Gasteiger partial charge in [-0.3, -0.25) is 9.88 Å². The van der Waals surface area contributed by atoms with E-state index >= 15 is 0 Å². The van der Waals surface area contributed by atoms with Crippen molar-refractivity contribution in [2.24, 2.45) is 0 Å². The van der Waals surface area contributed by atoms with Crippen LogP contribution in [0.25, 0.3) is 0 Å². The molecule has 2 aliphatic heterocycles. The summed E-state index contributed by atoms with van der Waals surface area (Å²) < 4.78 is 0. The molecule has 0 unspecified atom stereocenters. The average molecular weight is 395 g/mol. The first-order valence-electron chi connectivity index (χ1n) is 10.6. The monoisotopic (exact) mass is 394 g/mol. The summed E-state index contributed by atoms with van der Waals surface area (Å²) in [6.07, 6.45) is 4.85.